The second-order valence-corrected chi connectivity index (χ2v) is 6.71. The molecule has 0 bridgehead atoms. The molecule has 1 amide bonds. The lowest BCUT2D eigenvalue weighted by atomic mass is 9.88. The van der Waals surface area contributed by atoms with Crippen LogP contribution in [0.1, 0.15) is 13.8 Å². The maximum Gasteiger partial charge on any atom is 0.223 e. The summed E-state index contributed by atoms with van der Waals surface area (Å²) < 4.78 is 0. The molecular weight excluding hydrogens is 292 g/mol. The van der Waals surface area contributed by atoms with Gasteiger partial charge in [0.05, 0.1) is 0 Å². The van der Waals surface area contributed by atoms with Gasteiger partial charge in [-0.25, -0.2) is 0 Å². The number of amides is 1. The zero-order chi connectivity index (χ0) is 13.7. The van der Waals surface area contributed by atoms with E-state index in [1.54, 1.807) is 11.8 Å². The lowest BCUT2D eigenvalue weighted by Gasteiger charge is -2.31. The molecule has 0 aliphatic carbocycles. The van der Waals surface area contributed by atoms with E-state index in [0.29, 0.717) is 11.2 Å². The highest BCUT2D eigenvalue weighted by Crippen LogP contribution is 2.22. The van der Waals surface area contributed by atoms with Crippen LogP contribution in [0.15, 0.2) is 35.2 Å². The molecule has 1 heterocycles. The Morgan fingerprint density at radius 3 is 2.55 bits per heavy atom. The van der Waals surface area contributed by atoms with Crippen LogP contribution in [0.5, 0.6) is 0 Å². The molecule has 0 radical (unpaired) electrons. The van der Waals surface area contributed by atoms with Gasteiger partial charge in [-0.1, -0.05) is 32.0 Å². The minimum Gasteiger partial charge on any atom is -0.355 e. The minimum absolute atomic E-state index is 0. The van der Waals surface area contributed by atoms with Gasteiger partial charge in [-0.05, 0) is 31.1 Å². The molecule has 2 rings (SSSR count). The largest absolute Gasteiger partial charge is 0.355 e. The van der Waals surface area contributed by atoms with Crippen LogP contribution in [0.25, 0.3) is 0 Å². The van der Waals surface area contributed by atoms with E-state index in [-0.39, 0.29) is 24.2 Å². The summed E-state index contributed by atoms with van der Waals surface area (Å²) in [6.45, 7) is 6.85. The smallest absolute Gasteiger partial charge is 0.223 e. The minimum atomic E-state index is 0. The fourth-order valence-corrected chi connectivity index (χ4v) is 3.00. The van der Waals surface area contributed by atoms with Crippen LogP contribution >= 0.6 is 24.2 Å². The molecule has 1 saturated heterocycles. The van der Waals surface area contributed by atoms with Gasteiger partial charge < -0.3 is 10.6 Å². The summed E-state index contributed by atoms with van der Waals surface area (Å²) in [4.78, 5) is 13.2. The molecule has 1 aromatic carbocycles. The van der Waals surface area contributed by atoms with Gasteiger partial charge in [-0.2, -0.15) is 0 Å². The molecule has 1 aromatic rings. The van der Waals surface area contributed by atoms with E-state index < -0.39 is 0 Å². The first-order valence-corrected chi connectivity index (χ1v) is 7.75. The topological polar surface area (TPSA) is 41.1 Å². The van der Waals surface area contributed by atoms with Crippen LogP contribution in [-0.4, -0.2) is 30.8 Å². The van der Waals surface area contributed by atoms with Crippen molar-refractivity contribution in [2.45, 2.75) is 24.0 Å². The first-order chi connectivity index (χ1) is 9.16. The van der Waals surface area contributed by atoms with Crippen LogP contribution in [0.3, 0.4) is 0 Å². The first-order valence-electron chi connectivity index (χ1n) is 6.87. The molecule has 2 unspecified atom stereocenters. The fraction of sp³-hybridized carbons (Fsp3) is 0.533. The molecule has 1 aliphatic heterocycles. The van der Waals surface area contributed by atoms with E-state index in [9.17, 15) is 4.79 Å². The Kier molecular flexibility index (Phi) is 7.41. The Hall–Kier alpha value is -0.710. The molecule has 0 aromatic heterocycles. The number of hydrogen-bond acceptors (Lipinski definition) is 3. The summed E-state index contributed by atoms with van der Waals surface area (Å²) in [5, 5.41) is 6.66. The van der Waals surface area contributed by atoms with Gasteiger partial charge in [0, 0.05) is 22.6 Å². The number of carbonyl (C=O) groups is 1. The van der Waals surface area contributed by atoms with Crippen LogP contribution in [0.2, 0.25) is 0 Å². The summed E-state index contributed by atoms with van der Waals surface area (Å²) in [7, 11) is 0. The maximum absolute atomic E-state index is 12.0. The van der Waals surface area contributed by atoms with Crippen molar-refractivity contribution in [2.24, 2.45) is 11.8 Å². The fourth-order valence-electron chi connectivity index (χ4n) is 2.06. The summed E-state index contributed by atoms with van der Waals surface area (Å²) >= 11 is 1.80. The third kappa shape index (κ3) is 5.00. The van der Waals surface area contributed by atoms with Crippen molar-refractivity contribution in [2.75, 3.05) is 19.6 Å². The number of carbonyl (C=O) groups excluding carboxylic acids is 1. The summed E-state index contributed by atoms with van der Waals surface area (Å²) in [5.41, 5.74) is 0. The Bertz CT molecular complexity index is 412. The number of benzene rings is 1. The average molecular weight is 315 g/mol. The molecule has 112 valence electrons. The van der Waals surface area contributed by atoms with E-state index in [0.717, 1.165) is 19.6 Å². The van der Waals surface area contributed by atoms with Crippen molar-refractivity contribution >= 4 is 30.1 Å². The predicted octanol–water partition coefficient (Wildman–Crippen LogP) is 2.56. The first kappa shape index (κ1) is 17.3. The van der Waals surface area contributed by atoms with Gasteiger partial charge in [-0.3, -0.25) is 4.79 Å². The van der Waals surface area contributed by atoms with Gasteiger partial charge in [0.2, 0.25) is 5.91 Å². The van der Waals surface area contributed by atoms with Crippen LogP contribution in [-0.2, 0) is 4.79 Å². The molecule has 1 fully saturated rings. The Balaban J connectivity index is 0.00000200. The number of hydrogen-bond donors (Lipinski definition) is 2. The third-order valence-electron chi connectivity index (χ3n) is 3.58. The Morgan fingerprint density at radius 2 is 2.00 bits per heavy atom. The van der Waals surface area contributed by atoms with Crippen molar-refractivity contribution in [1.82, 2.24) is 10.6 Å². The standard InChI is InChI=1S/C15H22N2OS.ClH/c1-11(19-14-6-4-3-5-7-14)8-17-15(18)12(2)13-9-16-10-13;/h3-7,11-13,16H,8-10H2,1-2H3,(H,17,18);1H. The third-order valence-corrected chi connectivity index (χ3v) is 4.69. The molecule has 5 heteroatoms. The SMILES string of the molecule is CC(CNC(=O)C(C)C1CNC1)Sc1ccccc1.Cl. The summed E-state index contributed by atoms with van der Waals surface area (Å²) in [5.74, 6) is 0.819. The second-order valence-electron chi connectivity index (χ2n) is 5.19. The molecule has 20 heavy (non-hydrogen) atoms. The number of rotatable bonds is 6. The van der Waals surface area contributed by atoms with Gasteiger partial charge in [0.15, 0.2) is 0 Å². The van der Waals surface area contributed by atoms with Crippen molar-refractivity contribution in [3.8, 4) is 0 Å². The Labute approximate surface area is 131 Å². The maximum atomic E-state index is 12.0. The lowest BCUT2D eigenvalue weighted by molar-refractivity contribution is -0.126. The molecular formula is C15H23ClN2OS. The van der Waals surface area contributed by atoms with Gasteiger partial charge >= 0.3 is 0 Å². The number of halogens is 1. The monoisotopic (exact) mass is 314 g/mol. The zero-order valence-electron chi connectivity index (χ0n) is 12.0. The van der Waals surface area contributed by atoms with Gasteiger partial charge in [0.25, 0.3) is 0 Å². The van der Waals surface area contributed by atoms with Gasteiger partial charge in [-0.15, -0.1) is 24.2 Å². The Morgan fingerprint density at radius 1 is 1.35 bits per heavy atom. The summed E-state index contributed by atoms with van der Waals surface area (Å²) in [6.07, 6.45) is 0. The summed E-state index contributed by atoms with van der Waals surface area (Å²) in [6, 6.07) is 10.3. The number of nitrogens with one attached hydrogen (secondary N) is 2. The average Bonchev–Trinajstić information content (AvgIpc) is 2.35. The van der Waals surface area contributed by atoms with Crippen molar-refractivity contribution in [1.29, 1.82) is 0 Å². The normalized spacial score (nSPS) is 17.5. The van der Waals surface area contributed by atoms with Gasteiger partial charge in [0.1, 0.15) is 0 Å². The highest BCUT2D eigenvalue weighted by molar-refractivity contribution is 8.00. The molecule has 0 spiro atoms. The van der Waals surface area contributed by atoms with Crippen LogP contribution in [0.4, 0.5) is 0 Å². The number of thioether (sulfide) groups is 1. The van der Waals surface area contributed by atoms with E-state index in [1.165, 1.54) is 4.90 Å². The predicted molar refractivity (Wildman–Crippen MR) is 87.5 cm³/mol. The zero-order valence-corrected chi connectivity index (χ0v) is 13.6. The highest BCUT2D eigenvalue weighted by Gasteiger charge is 2.28. The van der Waals surface area contributed by atoms with E-state index >= 15 is 0 Å². The quantitative estimate of drug-likeness (QED) is 0.793. The van der Waals surface area contributed by atoms with Crippen LogP contribution < -0.4 is 10.6 Å². The van der Waals surface area contributed by atoms with Crippen molar-refractivity contribution < 1.29 is 4.79 Å². The highest BCUT2D eigenvalue weighted by atomic mass is 35.5. The van der Waals surface area contributed by atoms with Crippen molar-refractivity contribution in [3.05, 3.63) is 30.3 Å². The molecule has 3 nitrogen and oxygen atoms in total. The van der Waals surface area contributed by atoms with Crippen molar-refractivity contribution in [3.63, 3.8) is 0 Å². The molecule has 2 N–H and O–H groups in total. The molecule has 2 atom stereocenters. The second kappa shape index (κ2) is 8.55. The van der Waals surface area contributed by atoms with E-state index in [2.05, 4.69) is 29.7 Å². The molecule has 0 saturated carbocycles. The molecule has 1 aliphatic rings. The van der Waals surface area contributed by atoms with Crippen LogP contribution in [0, 0.1) is 11.8 Å². The lowest BCUT2D eigenvalue weighted by Crippen LogP contribution is -2.50. The van der Waals surface area contributed by atoms with E-state index in [4.69, 9.17) is 0 Å². The van der Waals surface area contributed by atoms with E-state index in [1.807, 2.05) is 25.1 Å².